The van der Waals surface area contributed by atoms with Crippen molar-refractivity contribution in [3.8, 4) is 0 Å². The average molecular weight is 303 g/mol. The highest BCUT2D eigenvalue weighted by atomic mass is 35.7. The topological polar surface area (TPSA) is 63.2 Å². The number of hydrogen-bond acceptors (Lipinski definition) is 3. The van der Waals surface area contributed by atoms with E-state index in [9.17, 15) is 13.2 Å². The minimum absolute atomic E-state index is 0.00178. The van der Waals surface area contributed by atoms with Crippen LogP contribution in [0.1, 0.15) is 5.56 Å². The normalized spacial score (nSPS) is 11.2. The van der Waals surface area contributed by atoms with Gasteiger partial charge in [-0.25, -0.2) is 8.42 Å². The highest BCUT2D eigenvalue weighted by Crippen LogP contribution is 2.37. The van der Waals surface area contributed by atoms with E-state index in [0.717, 1.165) is 6.07 Å². The van der Waals surface area contributed by atoms with E-state index < -0.39 is 9.05 Å². The summed E-state index contributed by atoms with van der Waals surface area (Å²) in [5, 5.41) is 2.32. The predicted octanol–water partition coefficient (Wildman–Crippen LogP) is 2.80. The number of carbonyl (C=O) groups is 1. The highest BCUT2D eigenvalue weighted by Gasteiger charge is 2.20. The molecule has 8 heteroatoms. The first-order valence-electron chi connectivity index (χ1n) is 3.92. The Morgan fingerprint density at radius 1 is 1.38 bits per heavy atom. The van der Waals surface area contributed by atoms with Crippen LogP contribution >= 0.6 is 33.9 Å². The van der Waals surface area contributed by atoms with Crippen molar-refractivity contribution in [3.05, 3.63) is 21.7 Å². The largest absolute Gasteiger partial charge is 0.326 e. The third-order valence-corrected chi connectivity index (χ3v) is 4.10. The second-order valence-electron chi connectivity index (χ2n) is 2.87. The van der Waals surface area contributed by atoms with Gasteiger partial charge in [0, 0.05) is 10.7 Å². The van der Waals surface area contributed by atoms with Gasteiger partial charge in [-0.3, -0.25) is 4.79 Å². The number of anilines is 1. The molecular weight excluding hydrogens is 297 g/mol. The minimum Gasteiger partial charge on any atom is -0.326 e. The molecule has 0 aromatic heterocycles. The molecule has 0 bridgehead atoms. The van der Waals surface area contributed by atoms with E-state index in [1.54, 1.807) is 0 Å². The molecular formula is C8H6Cl3NO3S. The molecule has 1 aromatic rings. The molecule has 0 aliphatic heterocycles. The van der Waals surface area contributed by atoms with E-state index in [0.29, 0.717) is 6.41 Å². The number of amides is 1. The van der Waals surface area contributed by atoms with Gasteiger partial charge >= 0.3 is 0 Å². The van der Waals surface area contributed by atoms with E-state index in [-0.39, 0.29) is 26.2 Å². The van der Waals surface area contributed by atoms with E-state index in [1.807, 2.05) is 0 Å². The van der Waals surface area contributed by atoms with Gasteiger partial charge in [0.2, 0.25) is 6.41 Å². The van der Waals surface area contributed by atoms with Crippen LogP contribution in [0.2, 0.25) is 10.0 Å². The van der Waals surface area contributed by atoms with Crippen molar-refractivity contribution >= 4 is 55.0 Å². The van der Waals surface area contributed by atoms with Crippen LogP contribution in [0, 0.1) is 6.92 Å². The molecule has 16 heavy (non-hydrogen) atoms. The number of hydrogen-bond donors (Lipinski definition) is 1. The summed E-state index contributed by atoms with van der Waals surface area (Å²) in [6.07, 6.45) is 0.390. The molecule has 1 amide bonds. The first-order valence-corrected chi connectivity index (χ1v) is 6.99. The van der Waals surface area contributed by atoms with Gasteiger partial charge in [-0.05, 0) is 18.6 Å². The summed E-state index contributed by atoms with van der Waals surface area (Å²) in [7, 11) is 1.28. The van der Waals surface area contributed by atoms with Crippen LogP contribution in [0.5, 0.6) is 0 Å². The maximum absolute atomic E-state index is 11.2. The lowest BCUT2D eigenvalue weighted by molar-refractivity contribution is -0.105. The molecule has 0 aliphatic carbocycles. The zero-order valence-electron chi connectivity index (χ0n) is 7.92. The lowest BCUT2D eigenvalue weighted by Crippen LogP contribution is -2.01. The summed E-state index contributed by atoms with van der Waals surface area (Å²) in [5.74, 6) is 0. The van der Waals surface area contributed by atoms with E-state index in [4.69, 9.17) is 33.9 Å². The zero-order valence-corrected chi connectivity index (χ0v) is 11.0. The Labute approximate surface area is 107 Å². The zero-order chi connectivity index (χ0) is 12.5. The molecule has 1 N–H and O–H groups in total. The monoisotopic (exact) mass is 301 g/mol. The van der Waals surface area contributed by atoms with Crippen LogP contribution in [-0.2, 0) is 13.8 Å². The van der Waals surface area contributed by atoms with Gasteiger partial charge in [-0.2, -0.15) is 0 Å². The summed E-state index contributed by atoms with van der Waals surface area (Å²) >= 11 is 11.6. The Bertz CT molecular complexity index is 542. The maximum atomic E-state index is 11.2. The molecule has 0 radical (unpaired) electrons. The van der Waals surface area contributed by atoms with Gasteiger partial charge in [0.25, 0.3) is 9.05 Å². The lowest BCUT2D eigenvalue weighted by atomic mass is 10.2. The molecule has 0 spiro atoms. The van der Waals surface area contributed by atoms with Gasteiger partial charge in [0.1, 0.15) is 0 Å². The number of benzene rings is 1. The Morgan fingerprint density at radius 3 is 2.38 bits per heavy atom. The van der Waals surface area contributed by atoms with Crippen molar-refractivity contribution in [3.63, 3.8) is 0 Å². The number of carbonyl (C=O) groups excluding carboxylic acids is 1. The number of halogens is 3. The fourth-order valence-corrected chi connectivity index (χ4v) is 3.03. The first kappa shape index (κ1) is 13.6. The van der Waals surface area contributed by atoms with Gasteiger partial charge in [0.15, 0.2) is 0 Å². The van der Waals surface area contributed by atoms with Crippen molar-refractivity contribution in [2.75, 3.05) is 5.32 Å². The second-order valence-corrected chi connectivity index (χ2v) is 6.19. The summed E-state index contributed by atoms with van der Waals surface area (Å²) in [5.41, 5.74) is 0.380. The molecule has 0 unspecified atom stereocenters. The van der Waals surface area contributed by atoms with Crippen LogP contribution in [0.4, 0.5) is 5.69 Å². The Morgan fingerprint density at radius 2 is 1.94 bits per heavy atom. The van der Waals surface area contributed by atoms with Crippen LogP contribution in [0.3, 0.4) is 0 Å². The SMILES string of the molecule is Cc1c(S(=O)(=O)Cl)cc(Cl)c(NC=O)c1Cl. The van der Waals surface area contributed by atoms with E-state index >= 15 is 0 Å². The molecule has 4 nitrogen and oxygen atoms in total. The third-order valence-electron chi connectivity index (χ3n) is 1.88. The number of nitrogens with one attached hydrogen (secondary N) is 1. The molecule has 0 fully saturated rings. The fraction of sp³-hybridized carbons (Fsp3) is 0.125. The van der Waals surface area contributed by atoms with Crippen molar-refractivity contribution in [1.29, 1.82) is 0 Å². The Kier molecular flexibility index (Phi) is 4.07. The van der Waals surface area contributed by atoms with Crippen LogP contribution in [0.15, 0.2) is 11.0 Å². The van der Waals surface area contributed by atoms with Crippen molar-refractivity contribution in [2.24, 2.45) is 0 Å². The smallest absolute Gasteiger partial charge is 0.261 e. The van der Waals surface area contributed by atoms with Crippen molar-refractivity contribution in [2.45, 2.75) is 11.8 Å². The molecule has 0 atom stereocenters. The second kappa shape index (κ2) is 4.79. The van der Waals surface area contributed by atoms with Crippen molar-refractivity contribution in [1.82, 2.24) is 0 Å². The molecule has 0 heterocycles. The average Bonchev–Trinajstić information content (AvgIpc) is 2.16. The third kappa shape index (κ3) is 2.60. The molecule has 0 saturated heterocycles. The highest BCUT2D eigenvalue weighted by molar-refractivity contribution is 8.13. The Balaban J connectivity index is 3.57. The van der Waals surface area contributed by atoms with Crippen LogP contribution < -0.4 is 5.32 Å². The molecule has 1 rings (SSSR count). The maximum Gasteiger partial charge on any atom is 0.261 e. The molecule has 0 aliphatic rings. The van der Waals surface area contributed by atoms with Gasteiger partial charge < -0.3 is 5.32 Å². The van der Waals surface area contributed by atoms with E-state index in [1.165, 1.54) is 6.92 Å². The van der Waals surface area contributed by atoms with Gasteiger partial charge in [-0.15, -0.1) is 0 Å². The number of rotatable bonds is 3. The molecule has 0 saturated carbocycles. The lowest BCUT2D eigenvalue weighted by Gasteiger charge is -2.11. The molecule has 1 aromatic carbocycles. The standard InChI is InChI=1S/C8H6Cl3NO3S/c1-4-6(16(11,14)15)2-5(9)8(7(4)10)12-3-13/h2-3H,1H3,(H,12,13). The van der Waals surface area contributed by atoms with E-state index in [2.05, 4.69) is 5.32 Å². The quantitative estimate of drug-likeness (QED) is 0.690. The Hall–Kier alpha value is -0.490. The van der Waals surface area contributed by atoms with Crippen LogP contribution in [0.25, 0.3) is 0 Å². The molecule has 88 valence electrons. The summed E-state index contributed by atoms with van der Waals surface area (Å²) < 4.78 is 22.4. The van der Waals surface area contributed by atoms with Gasteiger partial charge in [0.05, 0.1) is 20.6 Å². The summed E-state index contributed by atoms with van der Waals surface area (Å²) in [6.45, 7) is 1.46. The van der Waals surface area contributed by atoms with Gasteiger partial charge in [-0.1, -0.05) is 23.2 Å². The van der Waals surface area contributed by atoms with Crippen LogP contribution in [-0.4, -0.2) is 14.8 Å². The fourth-order valence-electron chi connectivity index (χ4n) is 1.14. The predicted molar refractivity (Wildman–Crippen MR) is 63.9 cm³/mol. The summed E-state index contributed by atoms with van der Waals surface area (Å²) in [6, 6.07) is 1.14. The summed E-state index contributed by atoms with van der Waals surface area (Å²) in [4.78, 5) is 10.1. The van der Waals surface area contributed by atoms with Crippen molar-refractivity contribution < 1.29 is 13.2 Å². The minimum atomic E-state index is -3.92. The first-order chi connectivity index (χ1) is 7.29.